The molecule has 1 atom stereocenters. The van der Waals surface area contributed by atoms with Gasteiger partial charge in [0.05, 0.1) is 22.8 Å². The lowest BCUT2D eigenvalue weighted by molar-refractivity contribution is 0.404. The van der Waals surface area contributed by atoms with E-state index in [1.165, 1.54) is 0 Å². The Morgan fingerprint density at radius 1 is 1.43 bits per heavy atom. The molecule has 0 saturated heterocycles. The summed E-state index contributed by atoms with van der Waals surface area (Å²) in [7, 11) is 0.583. The second-order valence-corrected chi connectivity index (χ2v) is 4.38. The molecule has 1 aromatic carbocycles. The van der Waals surface area contributed by atoms with Gasteiger partial charge in [-0.25, -0.2) is 0 Å². The first-order valence-corrected chi connectivity index (χ1v) is 5.83. The average Bonchev–Trinajstić information content (AvgIpc) is 2.25. The number of ether oxygens (including phenoxy) is 1. The molecule has 0 aliphatic rings. The van der Waals surface area contributed by atoms with Crippen molar-refractivity contribution in [3.8, 4) is 5.75 Å². The first-order chi connectivity index (χ1) is 6.79. The Bertz CT molecular complexity index is 315. The van der Waals surface area contributed by atoms with Crippen LogP contribution in [0.4, 0.5) is 0 Å². The molecule has 0 aliphatic heterocycles. The fraction of sp³-hybridized carbons (Fsp3) is 0.400. The molecule has 0 fully saturated rings. The van der Waals surface area contributed by atoms with Crippen LogP contribution in [-0.2, 0) is 10.8 Å². The average molecular weight is 213 g/mol. The van der Waals surface area contributed by atoms with Gasteiger partial charge in [0.2, 0.25) is 0 Å². The molecule has 0 saturated carbocycles. The number of hydrogen-bond donors (Lipinski definition) is 1. The number of para-hydroxylation sites is 1. The van der Waals surface area contributed by atoms with Crippen molar-refractivity contribution in [1.29, 1.82) is 0 Å². The zero-order chi connectivity index (χ0) is 10.4. The van der Waals surface area contributed by atoms with E-state index < -0.39 is 10.8 Å². The summed E-state index contributed by atoms with van der Waals surface area (Å²) >= 11 is 0. The van der Waals surface area contributed by atoms with E-state index in [2.05, 4.69) is 0 Å². The lowest BCUT2D eigenvalue weighted by Gasteiger charge is -2.06. The Morgan fingerprint density at radius 3 is 2.79 bits per heavy atom. The largest absolute Gasteiger partial charge is 0.495 e. The molecule has 14 heavy (non-hydrogen) atoms. The summed E-state index contributed by atoms with van der Waals surface area (Å²) in [6.07, 6.45) is 0.769. The Labute approximate surface area is 86.7 Å². The molecular formula is C10H15NO2S. The zero-order valence-electron chi connectivity index (χ0n) is 8.23. The highest BCUT2D eigenvalue weighted by Crippen LogP contribution is 2.21. The Kier molecular flexibility index (Phi) is 4.62. The van der Waals surface area contributed by atoms with Crippen LogP contribution in [0.1, 0.15) is 6.42 Å². The topological polar surface area (TPSA) is 52.3 Å². The maximum absolute atomic E-state index is 11.8. The van der Waals surface area contributed by atoms with Crippen LogP contribution in [0.5, 0.6) is 5.75 Å². The molecule has 0 aliphatic carbocycles. The molecule has 2 N–H and O–H groups in total. The standard InChI is InChI=1S/C10H15NO2S/c1-13-9-5-2-3-6-10(9)14(12)8-4-7-11/h2-3,5-6H,4,7-8,11H2,1H3. The van der Waals surface area contributed by atoms with Crippen molar-refractivity contribution in [2.45, 2.75) is 11.3 Å². The number of benzene rings is 1. The summed E-state index contributed by atoms with van der Waals surface area (Å²) in [5.74, 6) is 1.28. The number of methoxy groups -OCH3 is 1. The lowest BCUT2D eigenvalue weighted by atomic mass is 10.3. The molecule has 1 rings (SSSR count). The Balaban J connectivity index is 2.78. The fourth-order valence-electron chi connectivity index (χ4n) is 1.13. The third kappa shape index (κ3) is 2.82. The minimum absolute atomic E-state index is 0.570. The summed E-state index contributed by atoms with van der Waals surface area (Å²) in [6.45, 7) is 0.570. The molecule has 0 radical (unpaired) electrons. The molecule has 0 aromatic heterocycles. The van der Waals surface area contributed by atoms with Gasteiger partial charge in [-0.15, -0.1) is 0 Å². The second kappa shape index (κ2) is 5.78. The predicted octanol–water partition coefficient (Wildman–Crippen LogP) is 1.15. The van der Waals surface area contributed by atoms with Crippen molar-refractivity contribution in [2.24, 2.45) is 5.73 Å². The normalized spacial score (nSPS) is 12.4. The molecule has 0 heterocycles. The maximum atomic E-state index is 11.8. The SMILES string of the molecule is COc1ccccc1S(=O)CCCN. The van der Waals surface area contributed by atoms with Crippen LogP contribution < -0.4 is 10.5 Å². The summed E-state index contributed by atoms with van der Waals surface area (Å²) in [5.41, 5.74) is 5.36. The van der Waals surface area contributed by atoms with Gasteiger partial charge in [-0.1, -0.05) is 12.1 Å². The van der Waals surface area contributed by atoms with Gasteiger partial charge in [0.15, 0.2) is 0 Å². The van der Waals surface area contributed by atoms with Gasteiger partial charge < -0.3 is 10.5 Å². The first kappa shape index (κ1) is 11.2. The van der Waals surface area contributed by atoms with E-state index in [4.69, 9.17) is 10.5 Å². The van der Waals surface area contributed by atoms with Gasteiger partial charge in [0.1, 0.15) is 5.75 Å². The minimum atomic E-state index is -1.000. The highest BCUT2D eigenvalue weighted by molar-refractivity contribution is 7.85. The van der Waals surface area contributed by atoms with Crippen molar-refractivity contribution in [2.75, 3.05) is 19.4 Å². The smallest absolute Gasteiger partial charge is 0.134 e. The van der Waals surface area contributed by atoms with Crippen LogP contribution in [0.25, 0.3) is 0 Å². The van der Waals surface area contributed by atoms with Crippen molar-refractivity contribution >= 4 is 10.8 Å². The summed E-state index contributed by atoms with van der Waals surface area (Å²) in [6, 6.07) is 7.36. The van der Waals surface area contributed by atoms with Gasteiger partial charge in [0.25, 0.3) is 0 Å². The van der Waals surface area contributed by atoms with Crippen molar-refractivity contribution in [3.63, 3.8) is 0 Å². The molecule has 1 aromatic rings. The number of rotatable bonds is 5. The first-order valence-electron chi connectivity index (χ1n) is 4.51. The monoisotopic (exact) mass is 213 g/mol. The Hall–Kier alpha value is -0.870. The van der Waals surface area contributed by atoms with Crippen LogP contribution in [0.2, 0.25) is 0 Å². The van der Waals surface area contributed by atoms with E-state index in [1.54, 1.807) is 7.11 Å². The van der Waals surface area contributed by atoms with Crippen LogP contribution >= 0.6 is 0 Å². The van der Waals surface area contributed by atoms with E-state index in [1.807, 2.05) is 24.3 Å². The van der Waals surface area contributed by atoms with Crippen molar-refractivity contribution < 1.29 is 8.95 Å². The van der Waals surface area contributed by atoms with Crippen molar-refractivity contribution in [3.05, 3.63) is 24.3 Å². The molecule has 78 valence electrons. The Morgan fingerprint density at radius 2 is 2.14 bits per heavy atom. The molecule has 0 amide bonds. The highest BCUT2D eigenvalue weighted by atomic mass is 32.2. The molecule has 3 nitrogen and oxygen atoms in total. The molecule has 4 heteroatoms. The molecule has 0 spiro atoms. The third-order valence-corrected chi connectivity index (χ3v) is 3.34. The van der Waals surface area contributed by atoms with Crippen LogP contribution in [0.15, 0.2) is 29.2 Å². The van der Waals surface area contributed by atoms with E-state index in [0.717, 1.165) is 11.3 Å². The van der Waals surface area contributed by atoms with E-state index in [0.29, 0.717) is 18.0 Å². The number of hydrogen-bond acceptors (Lipinski definition) is 3. The number of nitrogens with two attached hydrogens (primary N) is 1. The third-order valence-electron chi connectivity index (χ3n) is 1.85. The summed E-state index contributed by atoms with van der Waals surface area (Å²) in [5, 5.41) is 0. The van der Waals surface area contributed by atoms with Gasteiger partial charge in [-0.05, 0) is 25.1 Å². The van der Waals surface area contributed by atoms with E-state index in [-0.39, 0.29) is 0 Å². The fourth-order valence-corrected chi connectivity index (χ4v) is 2.39. The quantitative estimate of drug-likeness (QED) is 0.798. The molecular weight excluding hydrogens is 198 g/mol. The molecule has 1 unspecified atom stereocenters. The summed E-state index contributed by atoms with van der Waals surface area (Å²) in [4.78, 5) is 0.753. The maximum Gasteiger partial charge on any atom is 0.134 e. The zero-order valence-corrected chi connectivity index (χ0v) is 9.05. The van der Waals surface area contributed by atoms with E-state index in [9.17, 15) is 4.21 Å². The van der Waals surface area contributed by atoms with Crippen LogP contribution in [0, 0.1) is 0 Å². The van der Waals surface area contributed by atoms with Crippen LogP contribution in [-0.4, -0.2) is 23.6 Å². The van der Waals surface area contributed by atoms with Gasteiger partial charge in [-0.3, -0.25) is 4.21 Å². The van der Waals surface area contributed by atoms with Crippen molar-refractivity contribution in [1.82, 2.24) is 0 Å². The predicted molar refractivity (Wildman–Crippen MR) is 57.9 cm³/mol. The van der Waals surface area contributed by atoms with Gasteiger partial charge in [0, 0.05) is 5.75 Å². The van der Waals surface area contributed by atoms with E-state index >= 15 is 0 Å². The van der Waals surface area contributed by atoms with Gasteiger partial charge in [-0.2, -0.15) is 0 Å². The molecule has 0 bridgehead atoms. The highest BCUT2D eigenvalue weighted by Gasteiger charge is 2.08. The van der Waals surface area contributed by atoms with Gasteiger partial charge >= 0.3 is 0 Å². The lowest BCUT2D eigenvalue weighted by Crippen LogP contribution is -2.06. The van der Waals surface area contributed by atoms with Crippen LogP contribution in [0.3, 0.4) is 0 Å². The summed E-state index contributed by atoms with van der Waals surface area (Å²) < 4.78 is 16.9. The second-order valence-electron chi connectivity index (χ2n) is 2.84. The minimum Gasteiger partial charge on any atom is -0.495 e.